The van der Waals surface area contributed by atoms with Crippen LogP contribution in [0.5, 0.6) is 0 Å². The van der Waals surface area contributed by atoms with E-state index in [0.717, 1.165) is 23.6 Å². The Kier molecular flexibility index (Phi) is 4.28. The van der Waals surface area contributed by atoms with Gasteiger partial charge >= 0.3 is 0 Å². The molecule has 0 aliphatic heterocycles. The van der Waals surface area contributed by atoms with Crippen LogP contribution in [0.1, 0.15) is 30.0 Å². The van der Waals surface area contributed by atoms with Crippen LogP contribution in [0, 0.1) is 11.6 Å². The highest BCUT2D eigenvalue weighted by Crippen LogP contribution is 2.39. The molecule has 0 atom stereocenters. The van der Waals surface area contributed by atoms with Crippen molar-refractivity contribution >= 4 is 18.2 Å². The van der Waals surface area contributed by atoms with Crippen LogP contribution in [0.3, 0.4) is 0 Å². The minimum Gasteiger partial charge on any atom is -0.366 e. The third-order valence-corrected chi connectivity index (χ3v) is 3.36. The van der Waals surface area contributed by atoms with Crippen LogP contribution >= 0.6 is 12.4 Å². The first-order chi connectivity index (χ1) is 9.13. The molecule has 1 aromatic heterocycles. The Labute approximate surface area is 122 Å². The second kappa shape index (κ2) is 5.79. The van der Waals surface area contributed by atoms with Crippen molar-refractivity contribution in [2.45, 2.75) is 25.3 Å². The summed E-state index contributed by atoms with van der Waals surface area (Å²) in [6.45, 7) is 0.243. The maximum atomic E-state index is 13.5. The van der Waals surface area contributed by atoms with E-state index in [9.17, 15) is 8.78 Å². The molecule has 6 heteroatoms. The van der Waals surface area contributed by atoms with E-state index in [2.05, 4.69) is 10.4 Å². The number of rotatable bonds is 4. The smallest absolute Gasteiger partial charge is 0.128 e. The standard InChI is InChI=1S/C14H15F2N3.ClH/c1-19-14(7-13(18-19)9-2-3-9)17-8-10-6-11(15)4-5-12(10)16;/h4-7,9,17H,2-3,8H2,1H3;1H. The molecule has 3 rings (SSSR count). The van der Waals surface area contributed by atoms with Gasteiger partial charge in [0, 0.05) is 31.1 Å². The molecule has 20 heavy (non-hydrogen) atoms. The maximum Gasteiger partial charge on any atom is 0.128 e. The molecule has 1 fully saturated rings. The third-order valence-electron chi connectivity index (χ3n) is 3.36. The fourth-order valence-corrected chi connectivity index (χ4v) is 2.10. The SMILES string of the molecule is Cl.Cn1nc(C2CC2)cc1NCc1cc(F)ccc1F. The Morgan fingerprint density at radius 3 is 2.75 bits per heavy atom. The topological polar surface area (TPSA) is 29.9 Å². The first-order valence-electron chi connectivity index (χ1n) is 6.35. The van der Waals surface area contributed by atoms with Gasteiger partial charge in [-0.25, -0.2) is 8.78 Å². The van der Waals surface area contributed by atoms with Gasteiger partial charge < -0.3 is 5.32 Å². The molecule has 1 aromatic carbocycles. The van der Waals surface area contributed by atoms with Crippen LogP contribution in [0.15, 0.2) is 24.3 Å². The van der Waals surface area contributed by atoms with E-state index < -0.39 is 11.6 Å². The van der Waals surface area contributed by atoms with Gasteiger partial charge in [0.2, 0.25) is 0 Å². The van der Waals surface area contributed by atoms with E-state index in [0.29, 0.717) is 11.5 Å². The molecular formula is C14H16ClF2N3. The first-order valence-corrected chi connectivity index (χ1v) is 6.35. The minimum atomic E-state index is -0.429. The predicted molar refractivity (Wildman–Crippen MR) is 76.1 cm³/mol. The van der Waals surface area contributed by atoms with Crippen molar-refractivity contribution in [3.05, 3.63) is 47.2 Å². The summed E-state index contributed by atoms with van der Waals surface area (Å²) in [5, 5.41) is 7.51. The lowest BCUT2D eigenvalue weighted by Crippen LogP contribution is -2.06. The monoisotopic (exact) mass is 299 g/mol. The molecule has 3 nitrogen and oxygen atoms in total. The van der Waals surface area contributed by atoms with Crippen molar-refractivity contribution in [1.29, 1.82) is 0 Å². The van der Waals surface area contributed by atoms with E-state index in [-0.39, 0.29) is 19.0 Å². The minimum absolute atomic E-state index is 0. The second-order valence-corrected chi connectivity index (χ2v) is 4.94. The lowest BCUT2D eigenvalue weighted by Gasteiger charge is -2.07. The summed E-state index contributed by atoms with van der Waals surface area (Å²) in [4.78, 5) is 0. The van der Waals surface area contributed by atoms with Crippen molar-refractivity contribution in [2.24, 2.45) is 7.05 Å². The summed E-state index contributed by atoms with van der Waals surface area (Å²) in [5.41, 5.74) is 1.39. The maximum absolute atomic E-state index is 13.5. The van der Waals surface area contributed by atoms with Crippen molar-refractivity contribution in [2.75, 3.05) is 5.32 Å². The highest BCUT2D eigenvalue weighted by Gasteiger charge is 2.26. The van der Waals surface area contributed by atoms with Crippen molar-refractivity contribution in [3.8, 4) is 0 Å². The highest BCUT2D eigenvalue weighted by atomic mass is 35.5. The summed E-state index contributed by atoms with van der Waals surface area (Å²) in [6, 6.07) is 5.45. The number of aromatic nitrogens is 2. The number of halogens is 3. The van der Waals surface area contributed by atoms with E-state index in [4.69, 9.17) is 0 Å². The number of nitrogens with one attached hydrogen (secondary N) is 1. The van der Waals surface area contributed by atoms with Gasteiger partial charge in [0.1, 0.15) is 17.5 Å². The van der Waals surface area contributed by atoms with Crippen LogP contribution in [-0.2, 0) is 13.6 Å². The van der Waals surface area contributed by atoms with E-state index >= 15 is 0 Å². The number of hydrogen-bond acceptors (Lipinski definition) is 2. The normalized spacial score (nSPS) is 13.9. The number of nitrogens with zero attached hydrogens (tertiary/aromatic N) is 2. The summed E-state index contributed by atoms with van der Waals surface area (Å²) < 4.78 is 28.3. The second-order valence-electron chi connectivity index (χ2n) is 4.94. The number of hydrogen-bond donors (Lipinski definition) is 1. The molecular weight excluding hydrogens is 284 g/mol. The van der Waals surface area contributed by atoms with Crippen molar-refractivity contribution in [3.63, 3.8) is 0 Å². The first kappa shape index (κ1) is 14.8. The van der Waals surface area contributed by atoms with Crippen LogP contribution in [0.2, 0.25) is 0 Å². The summed E-state index contributed by atoms with van der Waals surface area (Å²) in [7, 11) is 1.84. The Balaban J connectivity index is 0.00000147. The molecule has 2 aromatic rings. The van der Waals surface area contributed by atoms with Crippen LogP contribution in [0.4, 0.5) is 14.6 Å². The fraction of sp³-hybridized carbons (Fsp3) is 0.357. The molecule has 1 aliphatic rings. The number of benzene rings is 1. The van der Waals surface area contributed by atoms with Crippen LogP contribution in [-0.4, -0.2) is 9.78 Å². The summed E-state index contributed by atoms with van der Waals surface area (Å²) in [6.07, 6.45) is 2.38. The van der Waals surface area contributed by atoms with Gasteiger partial charge in [0.25, 0.3) is 0 Å². The zero-order valence-electron chi connectivity index (χ0n) is 11.1. The van der Waals surface area contributed by atoms with Crippen LogP contribution < -0.4 is 5.32 Å². The van der Waals surface area contributed by atoms with Gasteiger partial charge in [0.15, 0.2) is 0 Å². The Hall–Kier alpha value is -1.62. The van der Waals surface area contributed by atoms with Gasteiger partial charge in [-0.15, -0.1) is 12.4 Å². The average molecular weight is 300 g/mol. The van der Waals surface area contributed by atoms with E-state index in [1.807, 2.05) is 13.1 Å². The average Bonchev–Trinajstić information content (AvgIpc) is 3.16. The molecule has 0 spiro atoms. The van der Waals surface area contributed by atoms with Crippen molar-refractivity contribution in [1.82, 2.24) is 9.78 Å². The quantitative estimate of drug-likeness (QED) is 0.934. The lowest BCUT2D eigenvalue weighted by atomic mass is 10.2. The third kappa shape index (κ3) is 3.10. The lowest BCUT2D eigenvalue weighted by molar-refractivity contribution is 0.587. The molecule has 0 radical (unpaired) electrons. The zero-order valence-corrected chi connectivity index (χ0v) is 11.9. The Bertz CT molecular complexity index is 608. The Morgan fingerprint density at radius 2 is 2.05 bits per heavy atom. The van der Waals surface area contributed by atoms with Gasteiger partial charge in [-0.2, -0.15) is 5.10 Å². The molecule has 0 unspecified atom stereocenters. The van der Waals surface area contributed by atoms with Gasteiger partial charge in [-0.3, -0.25) is 4.68 Å². The van der Waals surface area contributed by atoms with E-state index in [1.165, 1.54) is 18.9 Å². The fourth-order valence-electron chi connectivity index (χ4n) is 2.10. The number of anilines is 1. The predicted octanol–water partition coefficient (Wildman–Crippen LogP) is 3.61. The Morgan fingerprint density at radius 1 is 1.30 bits per heavy atom. The summed E-state index contributed by atoms with van der Waals surface area (Å²) >= 11 is 0. The number of aryl methyl sites for hydroxylation is 1. The van der Waals surface area contributed by atoms with E-state index in [1.54, 1.807) is 4.68 Å². The molecule has 0 amide bonds. The summed E-state index contributed by atoms with van der Waals surface area (Å²) in [5.74, 6) is 0.568. The molecule has 0 bridgehead atoms. The molecule has 1 saturated carbocycles. The molecule has 0 saturated heterocycles. The molecule has 1 N–H and O–H groups in total. The van der Waals surface area contributed by atoms with Gasteiger partial charge in [-0.05, 0) is 31.0 Å². The van der Waals surface area contributed by atoms with Crippen LogP contribution in [0.25, 0.3) is 0 Å². The van der Waals surface area contributed by atoms with Crippen molar-refractivity contribution < 1.29 is 8.78 Å². The molecule has 1 heterocycles. The highest BCUT2D eigenvalue weighted by molar-refractivity contribution is 5.85. The molecule has 108 valence electrons. The molecule has 1 aliphatic carbocycles. The van der Waals surface area contributed by atoms with Gasteiger partial charge in [-0.1, -0.05) is 0 Å². The van der Waals surface area contributed by atoms with Gasteiger partial charge in [0.05, 0.1) is 5.69 Å². The largest absolute Gasteiger partial charge is 0.366 e. The zero-order chi connectivity index (χ0) is 13.4.